The predicted molar refractivity (Wildman–Crippen MR) is 123 cm³/mol. The Kier molecular flexibility index (Phi) is 7.74. The van der Waals surface area contributed by atoms with Crippen LogP contribution < -0.4 is 4.90 Å². The molecule has 2 aliphatic rings. The second-order valence-electron chi connectivity index (χ2n) is 8.83. The third kappa shape index (κ3) is 5.42. The molecule has 1 aromatic rings. The van der Waals surface area contributed by atoms with E-state index in [0.29, 0.717) is 45.2 Å². The molecule has 12 heteroatoms. The zero-order valence-electron chi connectivity index (χ0n) is 19.7. The van der Waals surface area contributed by atoms with E-state index >= 15 is 0 Å². The monoisotopic (exact) mass is 512 g/mol. The number of hydrogen-bond acceptors (Lipinski definition) is 6. The number of carbonyl (C=O) groups is 2. The minimum absolute atomic E-state index is 0.181. The van der Waals surface area contributed by atoms with E-state index in [4.69, 9.17) is 5.26 Å². The van der Waals surface area contributed by atoms with Crippen molar-refractivity contribution in [2.45, 2.75) is 45.0 Å². The fourth-order valence-corrected chi connectivity index (χ4v) is 5.47. The van der Waals surface area contributed by atoms with Gasteiger partial charge in [-0.15, -0.1) is 0 Å². The van der Waals surface area contributed by atoms with Crippen LogP contribution in [0.2, 0.25) is 0 Å². The number of rotatable bonds is 7. The van der Waals surface area contributed by atoms with Gasteiger partial charge in [0, 0.05) is 37.3 Å². The minimum Gasteiger partial charge on any atom is -0.301 e. The number of amides is 2. The van der Waals surface area contributed by atoms with Crippen LogP contribution in [0.1, 0.15) is 44.7 Å². The number of halogens is 3. The number of hydrogen-bond donors (Lipinski definition) is 0. The van der Waals surface area contributed by atoms with Crippen LogP contribution in [0.3, 0.4) is 0 Å². The van der Waals surface area contributed by atoms with Gasteiger partial charge in [0.15, 0.2) is 0 Å². The van der Waals surface area contributed by atoms with Crippen LogP contribution in [0.5, 0.6) is 0 Å². The number of anilines is 1. The third-order valence-electron chi connectivity index (χ3n) is 6.31. The molecule has 2 heterocycles. The standard InChI is InChI=1S/C23H27F3N4O4S/c1-15(2)35(33,34)29-11-9-28(10-12-29)8-4-5-19-16(3)21(31)30(22(19)32)18-7-6-17(14-27)20(13-18)23(24,25)26/h6-7,13,15H,4-5,8-12H2,1-3H3. The van der Waals surface area contributed by atoms with E-state index in [1.165, 1.54) is 17.3 Å². The molecule has 0 saturated carbocycles. The molecule has 0 radical (unpaired) electrons. The summed E-state index contributed by atoms with van der Waals surface area (Å²) >= 11 is 0. The second-order valence-corrected chi connectivity index (χ2v) is 11.3. The number of piperazine rings is 1. The van der Waals surface area contributed by atoms with Gasteiger partial charge in [0.05, 0.1) is 28.1 Å². The Hall–Kier alpha value is -2.75. The summed E-state index contributed by atoms with van der Waals surface area (Å²) in [6.07, 6.45) is -4.02. The first-order valence-electron chi connectivity index (χ1n) is 11.2. The van der Waals surface area contributed by atoms with Crippen molar-refractivity contribution in [1.29, 1.82) is 5.26 Å². The molecule has 0 unspecified atom stereocenters. The fraction of sp³-hybridized carbons (Fsp3) is 0.522. The van der Waals surface area contributed by atoms with Crippen LogP contribution in [0, 0.1) is 11.3 Å². The van der Waals surface area contributed by atoms with Gasteiger partial charge in [0.2, 0.25) is 10.0 Å². The van der Waals surface area contributed by atoms with Crippen LogP contribution in [-0.4, -0.2) is 67.4 Å². The molecule has 0 N–H and O–H groups in total. The maximum absolute atomic E-state index is 13.3. The van der Waals surface area contributed by atoms with Gasteiger partial charge in [-0.25, -0.2) is 13.3 Å². The minimum atomic E-state index is -4.81. The summed E-state index contributed by atoms with van der Waals surface area (Å²) < 4.78 is 66.1. The number of sulfonamides is 1. The van der Waals surface area contributed by atoms with Crippen molar-refractivity contribution in [2.75, 3.05) is 37.6 Å². The summed E-state index contributed by atoms with van der Waals surface area (Å²) in [6, 6.07) is 4.23. The normalized spacial score (nSPS) is 18.6. The summed E-state index contributed by atoms with van der Waals surface area (Å²) in [5.74, 6) is -1.35. The summed E-state index contributed by atoms with van der Waals surface area (Å²) in [5, 5.41) is 8.48. The molecule has 3 rings (SSSR count). The van der Waals surface area contributed by atoms with Crippen LogP contribution in [-0.2, 0) is 25.8 Å². The van der Waals surface area contributed by atoms with Crippen molar-refractivity contribution in [3.8, 4) is 6.07 Å². The van der Waals surface area contributed by atoms with Crippen molar-refractivity contribution in [1.82, 2.24) is 9.21 Å². The molecular formula is C23H27F3N4O4S. The smallest absolute Gasteiger partial charge is 0.301 e. The highest BCUT2D eigenvalue weighted by molar-refractivity contribution is 7.89. The molecule has 1 aromatic carbocycles. The number of nitrogens with zero attached hydrogens (tertiary/aromatic N) is 4. The number of alkyl halides is 3. The molecule has 0 spiro atoms. The van der Waals surface area contributed by atoms with Crippen LogP contribution in [0.4, 0.5) is 18.9 Å². The van der Waals surface area contributed by atoms with Crippen molar-refractivity contribution >= 4 is 27.5 Å². The van der Waals surface area contributed by atoms with Gasteiger partial charge in [-0.2, -0.15) is 22.7 Å². The largest absolute Gasteiger partial charge is 0.417 e. The zero-order chi connectivity index (χ0) is 26.1. The van der Waals surface area contributed by atoms with Gasteiger partial charge in [-0.05, 0) is 58.4 Å². The van der Waals surface area contributed by atoms with Crippen molar-refractivity contribution < 1.29 is 31.2 Å². The Morgan fingerprint density at radius 1 is 1.09 bits per heavy atom. The average molecular weight is 513 g/mol. The molecule has 190 valence electrons. The SMILES string of the molecule is CC1=C(CCCN2CCN(S(=O)(=O)C(C)C)CC2)C(=O)N(c2ccc(C#N)c(C(F)(F)F)c2)C1=O. The Bertz CT molecular complexity index is 1190. The van der Waals surface area contributed by atoms with Gasteiger partial charge in [-0.1, -0.05) is 0 Å². The average Bonchev–Trinajstić information content (AvgIpc) is 3.01. The maximum Gasteiger partial charge on any atom is 0.417 e. The number of imide groups is 1. The quantitative estimate of drug-likeness (QED) is 0.521. The van der Waals surface area contributed by atoms with E-state index < -0.39 is 44.4 Å². The van der Waals surface area contributed by atoms with E-state index in [-0.39, 0.29) is 23.3 Å². The van der Waals surface area contributed by atoms with Gasteiger partial charge in [-0.3, -0.25) is 9.59 Å². The number of carbonyl (C=O) groups excluding carboxylic acids is 2. The molecule has 1 saturated heterocycles. The van der Waals surface area contributed by atoms with Gasteiger partial charge in [0.1, 0.15) is 0 Å². The van der Waals surface area contributed by atoms with Crippen molar-refractivity contribution in [3.05, 3.63) is 40.5 Å². The second kappa shape index (κ2) is 10.1. The topological polar surface area (TPSA) is 102 Å². The number of benzene rings is 1. The Labute approximate surface area is 202 Å². The highest BCUT2D eigenvalue weighted by Crippen LogP contribution is 2.36. The molecule has 8 nitrogen and oxygen atoms in total. The molecule has 0 bridgehead atoms. The molecule has 0 aromatic heterocycles. The molecule has 2 amide bonds. The fourth-order valence-electron chi connectivity index (χ4n) is 4.20. The van der Waals surface area contributed by atoms with Crippen molar-refractivity contribution in [2.24, 2.45) is 0 Å². The lowest BCUT2D eigenvalue weighted by atomic mass is 10.1. The van der Waals surface area contributed by atoms with Crippen LogP contribution >= 0.6 is 0 Å². The van der Waals surface area contributed by atoms with E-state index in [1.807, 2.05) is 0 Å². The lowest BCUT2D eigenvalue weighted by Crippen LogP contribution is -2.50. The maximum atomic E-state index is 13.3. The molecule has 2 aliphatic heterocycles. The lowest BCUT2D eigenvalue weighted by Gasteiger charge is -2.34. The van der Waals surface area contributed by atoms with E-state index in [9.17, 15) is 31.2 Å². The lowest BCUT2D eigenvalue weighted by molar-refractivity contribution is -0.138. The highest BCUT2D eigenvalue weighted by Gasteiger charge is 2.39. The summed E-state index contributed by atoms with van der Waals surface area (Å²) in [7, 11) is -3.30. The highest BCUT2D eigenvalue weighted by atomic mass is 32.2. The zero-order valence-corrected chi connectivity index (χ0v) is 20.5. The van der Waals surface area contributed by atoms with Crippen LogP contribution in [0.25, 0.3) is 0 Å². The van der Waals surface area contributed by atoms with Gasteiger partial charge < -0.3 is 4.90 Å². The predicted octanol–water partition coefficient (Wildman–Crippen LogP) is 2.90. The Balaban J connectivity index is 1.64. The third-order valence-corrected chi connectivity index (χ3v) is 8.59. The first kappa shape index (κ1) is 26.8. The molecule has 35 heavy (non-hydrogen) atoms. The van der Waals surface area contributed by atoms with Crippen LogP contribution in [0.15, 0.2) is 29.3 Å². The van der Waals surface area contributed by atoms with Gasteiger partial charge in [0.25, 0.3) is 11.8 Å². The van der Waals surface area contributed by atoms with E-state index in [1.54, 1.807) is 13.8 Å². The van der Waals surface area contributed by atoms with E-state index in [0.717, 1.165) is 17.0 Å². The number of nitriles is 1. The molecule has 0 atom stereocenters. The Morgan fingerprint density at radius 3 is 2.26 bits per heavy atom. The van der Waals surface area contributed by atoms with E-state index in [2.05, 4.69) is 4.90 Å². The molecule has 0 aliphatic carbocycles. The summed E-state index contributed by atoms with van der Waals surface area (Å²) in [5.41, 5.74) is -1.60. The van der Waals surface area contributed by atoms with Gasteiger partial charge >= 0.3 is 6.18 Å². The Morgan fingerprint density at radius 2 is 1.71 bits per heavy atom. The first-order valence-corrected chi connectivity index (χ1v) is 12.7. The summed E-state index contributed by atoms with van der Waals surface area (Å²) in [6.45, 7) is 7.21. The molecule has 1 fully saturated rings. The first-order chi connectivity index (χ1) is 16.3. The molecular weight excluding hydrogens is 485 g/mol. The van der Waals surface area contributed by atoms with Crippen molar-refractivity contribution in [3.63, 3.8) is 0 Å². The summed E-state index contributed by atoms with van der Waals surface area (Å²) in [4.78, 5) is 28.5.